The van der Waals surface area contributed by atoms with Crippen LogP contribution < -0.4 is 0 Å². The van der Waals surface area contributed by atoms with Crippen molar-refractivity contribution in [2.45, 2.75) is 46.3 Å². The summed E-state index contributed by atoms with van der Waals surface area (Å²) in [6.07, 6.45) is 1.38. The lowest BCUT2D eigenvalue weighted by molar-refractivity contribution is -0.135. The summed E-state index contributed by atoms with van der Waals surface area (Å²) in [6.45, 7) is 9.67. The molecule has 0 unspecified atom stereocenters. The Morgan fingerprint density at radius 1 is 1.15 bits per heavy atom. The van der Waals surface area contributed by atoms with Gasteiger partial charge in [-0.3, -0.25) is 9.59 Å². The smallest absolute Gasteiger partial charge is 0.300 e. The van der Waals surface area contributed by atoms with E-state index in [1.54, 1.807) is 0 Å². The van der Waals surface area contributed by atoms with E-state index in [4.69, 9.17) is 19.8 Å². The summed E-state index contributed by atoms with van der Waals surface area (Å²) in [7, 11) is 0. The topological polar surface area (TPSA) is 115 Å². The molecule has 0 radical (unpaired) electrons. The van der Waals surface area contributed by atoms with Crippen molar-refractivity contribution in [3.63, 3.8) is 0 Å². The Labute approximate surface area is 119 Å². The van der Waals surface area contributed by atoms with Crippen LogP contribution in [-0.4, -0.2) is 44.6 Å². The van der Waals surface area contributed by atoms with E-state index in [1.165, 1.54) is 0 Å². The second-order valence-electron chi connectivity index (χ2n) is 4.61. The summed E-state index contributed by atoms with van der Waals surface area (Å²) in [4.78, 5) is 18.0. The van der Waals surface area contributed by atoms with Gasteiger partial charge in [0.25, 0.3) is 11.9 Å². The van der Waals surface area contributed by atoms with Crippen molar-refractivity contribution >= 4 is 11.9 Å². The van der Waals surface area contributed by atoms with Gasteiger partial charge in [0, 0.05) is 19.8 Å². The monoisotopic (exact) mass is 288 g/mol. The predicted octanol–water partition coefficient (Wildman–Crippen LogP) is 1.43. The molecule has 0 aromatic rings. The lowest BCUT2D eigenvalue weighted by atomic mass is 9.82. The molecule has 1 aliphatic carbocycles. The number of allylic oxidation sites excluding steroid dienone is 1. The molecule has 1 rings (SSSR count). The minimum atomic E-state index is -0.833. The van der Waals surface area contributed by atoms with Gasteiger partial charge in [0.05, 0.1) is 6.10 Å². The maximum atomic E-state index is 9.63. The van der Waals surface area contributed by atoms with Crippen molar-refractivity contribution in [3.8, 4) is 0 Å². The maximum Gasteiger partial charge on any atom is 0.300 e. The Bertz CT molecular complexity index is 352. The van der Waals surface area contributed by atoms with Crippen LogP contribution in [0.15, 0.2) is 23.8 Å². The van der Waals surface area contributed by atoms with Gasteiger partial charge in [0.1, 0.15) is 6.10 Å². The molecule has 6 nitrogen and oxygen atoms in total. The van der Waals surface area contributed by atoms with E-state index in [1.807, 2.05) is 19.9 Å². The molecule has 0 heterocycles. The van der Waals surface area contributed by atoms with Gasteiger partial charge in [0.2, 0.25) is 0 Å². The molecular formula is C14H24O6. The van der Waals surface area contributed by atoms with E-state index in [0.717, 1.165) is 31.4 Å². The molecule has 6 heteroatoms. The number of carbonyl (C=O) groups is 2. The van der Waals surface area contributed by atoms with E-state index >= 15 is 0 Å². The average molecular weight is 288 g/mol. The Balaban J connectivity index is 0. The molecule has 0 bridgehead atoms. The van der Waals surface area contributed by atoms with E-state index in [2.05, 4.69) is 6.58 Å². The van der Waals surface area contributed by atoms with Crippen LogP contribution in [0.4, 0.5) is 0 Å². The second kappa shape index (κ2) is 10.2. The number of aliphatic carboxylic acids is 2. The highest BCUT2D eigenvalue weighted by Crippen LogP contribution is 2.28. The minimum absolute atomic E-state index is 0.0173. The van der Waals surface area contributed by atoms with Crippen molar-refractivity contribution in [3.05, 3.63) is 23.8 Å². The summed E-state index contributed by atoms with van der Waals surface area (Å²) in [5.74, 6) is -1.65. The lowest BCUT2D eigenvalue weighted by Crippen LogP contribution is -2.37. The van der Waals surface area contributed by atoms with E-state index in [0.29, 0.717) is 0 Å². The summed E-state index contributed by atoms with van der Waals surface area (Å²) >= 11 is 0. The molecule has 116 valence electrons. The average Bonchev–Trinajstić information content (AvgIpc) is 2.24. The molecule has 1 aliphatic rings. The summed E-state index contributed by atoms with van der Waals surface area (Å²) in [5.41, 5.74) is 1.80. The lowest BCUT2D eigenvalue weighted by Gasteiger charge is -2.31. The quantitative estimate of drug-likeness (QED) is 0.543. The van der Waals surface area contributed by atoms with Crippen molar-refractivity contribution in [2.24, 2.45) is 5.92 Å². The first-order valence-electron chi connectivity index (χ1n) is 6.07. The molecule has 0 aliphatic heterocycles. The van der Waals surface area contributed by atoms with Crippen LogP contribution >= 0.6 is 0 Å². The van der Waals surface area contributed by atoms with Crippen LogP contribution in [0.5, 0.6) is 0 Å². The number of aliphatic hydroxyl groups is 2. The first-order valence-corrected chi connectivity index (χ1v) is 6.07. The van der Waals surface area contributed by atoms with Crippen LogP contribution in [-0.2, 0) is 9.59 Å². The minimum Gasteiger partial charge on any atom is -0.481 e. The molecule has 20 heavy (non-hydrogen) atoms. The van der Waals surface area contributed by atoms with Gasteiger partial charge in [-0.2, -0.15) is 0 Å². The molecule has 3 atom stereocenters. The fraction of sp³-hybridized carbons (Fsp3) is 0.571. The van der Waals surface area contributed by atoms with E-state index < -0.39 is 24.1 Å². The number of hydrogen-bond donors (Lipinski definition) is 4. The fourth-order valence-electron chi connectivity index (χ4n) is 1.56. The zero-order valence-electron chi connectivity index (χ0n) is 12.3. The highest BCUT2D eigenvalue weighted by Gasteiger charge is 2.30. The first-order chi connectivity index (χ1) is 9.00. The van der Waals surface area contributed by atoms with Crippen LogP contribution in [0, 0.1) is 5.92 Å². The van der Waals surface area contributed by atoms with Crippen molar-refractivity contribution in [1.82, 2.24) is 0 Å². The fourth-order valence-corrected chi connectivity index (χ4v) is 1.56. The summed E-state index contributed by atoms with van der Waals surface area (Å²) in [5, 5.41) is 34.0. The molecule has 0 saturated heterocycles. The van der Waals surface area contributed by atoms with Crippen LogP contribution in [0.2, 0.25) is 0 Å². The third kappa shape index (κ3) is 10.3. The van der Waals surface area contributed by atoms with Crippen LogP contribution in [0.3, 0.4) is 0 Å². The van der Waals surface area contributed by atoms with Gasteiger partial charge in [-0.05, 0) is 25.8 Å². The number of carboxylic acid groups (broad SMARTS) is 2. The Hall–Kier alpha value is -1.66. The maximum absolute atomic E-state index is 9.63. The highest BCUT2D eigenvalue weighted by atomic mass is 16.4. The Morgan fingerprint density at radius 2 is 1.50 bits per heavy atom. The molecule has 0 aromatic carbocycles. The Morgan fingerprint density at radius 3 is 1.80 bits per heavy atom. The molecule has 0 aromatic heterocycles. The van der Waals surface area contributed by atoms with Crippen LogP contribution in [0.1, 0.15) is 34.1 Å². The van der Waals surface area contributed by atoms with Gasteiger partial charge in [-0.25, -0.2) is 0 Å². The Kier molecular flexibility index (Phi) is 10.5. The third-order valence-corrected chi connectivity index (χ3v) is 2.53. The van der Waals surface area contributed by atoms with Crippen molar-refractivity contribution < 1.29 is 30.0 Å². The van der Waals surface area contributed by atoms with Gasteiger partial charge in [-0.1, -0.05) is 18.2 Å². The van der Waals surface area contributed by atoms with Crippen molar-refractivity contribution in [2.75, 3.05) is 0 Å². The van der Waals surface area contributed by atoms with E-state index in [9.17, 15) is 10.2 Å². The first kappa shape index (κ1) is 20.7. The number of hydrogen-bond acceptors (Lipinski definition) is 4. The molecule has 0 spiro atoms. The molecule has 0 fully saturated rings. The molecule has 0 saturated carbocycles. The number of aliphatic hydroxyl groups excluding tert-OH is 2. The normalized spacial score (nSPS) is 24.1. The highest BCUT2D eigenvalue weighted by molar-refractivity contribution is 5.63. The zero-order valence-corrected chi connectivity index (χ0v) is 12.3. The number of carboxylic acids is 2. The van der Waals surface area contributed by atoms with Gasteiger partial charge < -0.3 is 20.4 Å². The zero-order chi connectivity index (χ0) is 16.5. The third-order valence-electron chi connectivity index (χ3n) is 2.53. The van der Waals surface area contributed by atoms with Crippen LogP contribution in [0.25, 0.3) is 0 Å². The standard InChI is InChI=1S/C10H16O2.2C2H4O2/c1-6(2)8-5-4-7(3)9(11)10(8)12;2*1-2(3)4/h4,8-12H,1,5H2,2-3H3;2*1H3,(H,3,4)/t8-,9+,10+;;/m0../s1. The SMILES string of the molecule is C=C(C)[C@@H]1CC=C(C)[C@@H](O)[C@@H]1O.CC(=O)O.CC(=O)O. The molecular weight excluding hydrogens is 264 g/mol. The van der Waals surface area contributed by atoms with Gasteiger partial charge in [0.15, 0.2) is 0 Å². The summed E-state index contributed by atoms with van der Waals surface area (Å²) < 4.78 is 0. The number of rotatable bonds is 1. The largest absolute Gasteiger partial charge is 0.481 e. The predicted molar refractivity (Wildman–Crippen MR) is 75.3 cm³/mol. The van der Waals surface area contributed by atoms with Gasteiger partial charge >= 0.3 is 0 Å². The summed E-state index contributed by atoms with van der Waals surface area (Å²) in [6, 6.07) is 0. The van der Waals surface area contributed by atoms with Gasteiger partial charge in [-0.15, -0.1) is 0 Å². The second-order valence-corrected chi connectivity index (χ2v) is 4.61. The van der Waals surface area contributed by atoms with Crippen molar-refractivity contribution in [1.29, 1.82) is 0 Å². The molecule has 0 amide bonds. The van der Waals surface area contributed by atoms with E-state index in [-0.39, 0.29) is 5.92 Å². The molecule has 4 N–H and O–H groups in total.